The molecule has 0 aliphatic carbocycles. The van der Waals surface area contributed by atoms with Crippen molar-refractivity contribution in [2.75, 3.05) is 0 Å². The second-order valence-corrected chi connectivity index (χ2v) is 9.40. The van der Waals surface area contributed by atoms with Crippen LogP contribution >= 0.6 is 15.9 Å². The molecule has 0 fully saturated rings. The lowest BCUT2D eigenvalue weighted by Gasteiger charge is -2.33. The molecular formula is C15H20BrNO2S. The predicted octanol–water partition coefficient (Wildman–Crippen LogP) is 4.26. The number of hydrogen-bond donors (Lipinski definition) is 0. The Morgan fingerprint density at radius 1 is 1.35 bits per heavy atom. The van der Waals surface area contributed by atoms with E-state index in [9.17, 15) is 4.21 Å². The van der Waals surface area contributed by atoms with Gasteiger partial charge in [0.25, 0.3) is 0 Å². The Labute approximate surface area is 131 Å². The third-order valence-corrected chi connectivity index (χ3v) is 4.88. The molecule has 1 aromatic rings. The maximum Gasteiger partial charge on any atom is 0.145 e. The lowest BCUT2D eigenvalue weighted by Crippen LogP contribution is -2.36. The van der Waals surface area contributed by atoms with E-state index in [1.807, 2.05) is 52.8 Å². The molecule has 0 amide bonds. The van der Waals surface area contributed by atoms with Crippen molar-refractivity contribution in [3.8, 4) is 5.75 Å². The Bertz CT molecular complexity index is 588. The second-order valence-electron chi connectivity index (χ2n) is 6.58. The molecule has 0 spiro atoms. The minimum absolute atomic E-state index is 0.332. The van der Waals surface area contributed by atoms with Crippen molar-refractivity contribution in [3.63, 3.8) is 0 Å². The molecule has 1 aliphatic heterocycles. The van der Waals surface area contributed by atoms with Crippen LogP contribution in [-0.2, 0) is 11.0 Å². The Kier molecular flexibility index (Phi) is 4.13. The fraction of sp³-hybridized carbons (Fsp3) is 0.533. The average Bonchev–Trinajstić information content (AvgIpc) is 2.27. The average molecular weight is 358 g/mol. The summed E-state index contributed by atoms with van der Waals surface area (Å²) < 4.78 is 23.4. The van der Waals surface area contributed by atoms with Gasteiger partial charge in [-0.1, -0.05) is 15.9 Å². The first-order valence-corrected chi connectivity index (χ1v) is 8.47. The molecule has 0 saturated carbocycles. The summed E-state index contributed by atoms with van der Waals surface area (Å²) in [5.41, 5.74) is 1.45. The summed E-state index contributed by atoms with van der Waals surface area (Å²) in [6, 6.07) is 5.84. The van der Waals surface area contributed by atoms with Gasteiger partial charge in [-0.15, -0.1) is 0 Å². The number of benzene rings is 1. The van der Waals surface area contributed by atoms with Crippen LogP contribution in [0.5, 0.6) is 5.75 Å². The van der Waals surface area contributed by atoms with Crippen LogP contribution in [0.3, 0.4) is 0 Å². The van der Waals surface area contributed by atoms with Crippen molar-refractivity contribution in [1.29, 1.82) is 0 Å². The molecule has 1 aliphatic rings. The van der Waals surface area contributed by atoms with Gasteiger partial charge in [0.05, 0.1) is 10.5 Å². The largest absolute Gasteiger partial charge is 0.487 e. The van der Waals surface area contributed by atoms with Crippen LogP contribution in [0.15, 0.2) is 27.1 Å². The standard InChI is InChI=1S/C15H20BrNO2S/c1-14(2,3)20(18)17-12-9-15(4,5)19-13-7-6-10(16)8-11(12)13/h6-8H,9H2,1-5H3/t20-/m1/s1. The fourth-order valence-electron chi connectivity index (χ4n) is 1.97. The molecule has 1 heterocycles. The molecule has 3 nitrogen and oxygen atoms in total. The smallest absolute Gasteiger partial charge is 0.145 e. The van der Waals surface area contributed by atoms with Gasteiger partial charge in [0, 0.05) is 16.5 Å². The Morgan fingerprint density at radius 2 is 2.00 bits per heavy atom. The van der Waals surface area contributed by atoms with Gasteiger partial charge in [-0.2, -0.15) is 4.40 Å². The van der Waals surface area contributed by atoms with Gasteiger partial charge in [0.2, 0.25) is 0 Å². The molecule has 1 atom stereocenters. The highest BCUT2D eigenvalue weighted by Crippen LogP contribution is 2.35. The summed E-state index contributed by atoms with van der Waals surface area (Å²) in [4.78, 5) is 0. The van der Waals surface area contributed by atoms with Gasteiger partial charge in [-0.05, 0) is 52.8 Å². The van der Waals surface area contributed by atoms with Crippen LogP contribution in [0.1, 0.15) is 46.6 Å². The zero-order chi connectivity index (χ0) is 15.1. The number of rotatable bonds is 1. The van der Waals surface area contributed by atoms with Crippen LogP contribution in [0.25, 0.3) is 0 Å². The Hall–Kier alpha value is -0.680. The first-order chi connectivity index (χ1) is 9.08. The maximum absolute atomic E-state index is 12.3. The summed E-state index contributed by atoms with van der Waals surface area (Å²) in [7, 11) is -1.26. The topological polar surface area (TPSA) is 38.7 Å². The minimum Gasteiger partial charge on any atom is -0.487 e. The first-order valence-electron chi connectivity index (χ1n) is 6.57. The molecular weight excluding hydrogens is 338 g/mol. The van der Waals surface area contributed by atoms with E-state index in [0.717, 1.165) is 21.5 Å². The SMILES string of the molecule is CC1(C)CC(=N[S@](=O)C(C)(C)C)c2cc(Br)ccc2O1. The molecule has 0 aromatic heterocycles. The quantitative estimate of drug-likeness (QED) is 0.752. The van der Waals surface area contributed by atoms with Gasteiger partial charge in [0.15, 0.2) is 0 Å². The molecule has 0 radical (unpaired) electrons. The number of halogens is 1. The summed E-state index contributed by atoms with van der Waals surface area (Å²) in [5.74, 6) is 0.800. The lowest BCUT2D eigenvalue weighted by molar-refractivity contribution is 0.111. The van der Waals surface area contributed by atoms with E-state index in [2.05, 4.69) is 20.3 Å². The van der Waals surface area contributed by atoms with Crippen LogP contribution in [0.4, 0.5) is 0 Å². The van der Waals surface area contributed by atoms with Crippen LogP contribution in [-0.4, -0.2) is 20.3 Å². The van der Waals surface area contributed by atoms with E-state index >= 15 is 0 Å². The molecule has 2 rings (SSSR count). The molecule has 0 bridgehead atoms. The minimum atomic E-state index is -1.26. The monoisotopic (exact) mass is 357 g/mol. The summed E-state index contributed by atoms with van der Waals surface area (Å²) in [6.45, 7) is 9.83. The number of hydrogen-bond acceptors (Lipinski definition) is 2. The highest BCUT2D eigenvalue weighted by molar-refractivity contribution is 9.10. The second kappa shape index (κ2) is 5.26. The van der Waals surface area contributed by atoms with Crippen molar-refractivity contribution >= 4 is 32.6 Å². The van der Waals surface area contributed by atoms with Crippen molar-refractivity contribution in [2.24, 2.45) is 4.40 Å². The molecule has 0 saturated heterocycles. The molecule has 110 valence electrons. The van der Waals surface area contributed by atoms with Crippen molar-refractivity contribution in [3.05, 3.63) is 28.2 Å². The van der Waals surface area contributed by atoms with E-state index in [1.54, 1.807) is 0 Å². The van der Waals surface area contributed by atoms with Gasteiger partial charge in [-0.3, -0.25) is 0 Å². The molecule has 20 heavy (non-hydrogen) atoms. The molecule has 0 unspecified atom stereocenters. The van der Waals surface area contributed by atoms with E-state index < -0.39 is 11.0 Å². The Morgan fingerprint density at radius 3 is 2.60 bits per heavy atom. The zero-order valence-corrected chi connectivity index (χ0v) is 14.9. The first kappa shape index (κ1) is 15.7. The third-order valence-electron chi connectivity index (χ3n) is 2.95. The van der Waals surface area contributed by atoms with Gasteiger partial charge in [-0.25, -0.2) is 4.21 Å². The molecule has 5 heteroatoms. The maximum atomic E-state index is 12.3. The van der Waals surface area contributed by atoms with E-state index in [-0.39, 0.29) is 10.3 Å². The van der Waals surface area contributed by atoms with Crippen molar-refractivity contribution in [2.45, 2.75) is 51.4 Å². The number of nitrogens with zero attached hydrogens (tertiary/aromatic N) is 1. The van der Waals surface area contributed by atoms with Gasteiger partial charge >= 0.3 is 0 Å². The summed E-state index contributed by atoms with van der Waals surface area (Å²) >= 11 is 3.47. The van der Waals surface area contributed by atoms with E-state index in [4.69, 9.17) is 4.74 Å². The van der Waals surface area contributed by atoms with Crippen LogP contribution < -0.4 is 4.74 Å². The predicted molar refractivity (Wildman–Crippen MR) is 87.9 cm³/mol. The Balaban J connectivity index is 2.51. The van der Waals surface area contributed by atoms with Crippen molar-refractivity contribution < 1.29 is 8.95 Å². The fourth-order valence-corrected chi connectivity index (χ4v) is 2.97. The van der Waals surface area contributed by atoms with E-state index in [0.29, 0.717) is 6.42 Å². The van der Waals surface area contributed by atoms with Gasteiger partial charge < -0.3 is 4.74 Å². The zero-order valence-electron chi connectivity index (χ0n) is 12.5. The highest BCUT2D eigenvalue weighted by Gasteiger charge is 2.32. The van der Waals surface area contributed by atoms with Crippen LogP contribution in [0.2, 0.25) is 0 Å². The summed E-state index contributed by atoms with van der Waals surface area (Å²) in [5, 5.41) is 0. The molecule has 1 aromatic carbocycles. The van der Waals surface area contributed by atoms with Gasteiger partial charge in [0.1, 0.15) is 22.3 Å². The van der Waals surface area contributed by atoms with Crippen LogP contribution in [0, 0.1) is 0 Å². The lowest BCUT2D eigenvalue weighted by atomic mass is 9.92. The van der Waals surface area contributed by atoms with Crippen molar-refractivity contribution in [1.82, 2.24) is 0 Å². The number of ether oxygens (including phenoxy) is 1. The normalized spacial score (nSPS) is 21.2. The number of fused-ring (bicyclic) bond motifs is 1. The highest BCUT2D eigenvalue weighted by atomic mass is 79.9. The molecule has 0 N–H and O–H groups in total. The summed E-state index contributed by atoms with van der Waals surface area (Å²) in [6.07, 6.45) is 0.651. The third kappa shape index (κ3) is 3.50. The van der Waals surface area contributed by atoms with E-state index in [1.165, 1.54) is 0 Å².